The van der Waals surface area contributed by atoms with Crippen molar-refractivity contribution in [3.05, 3.63) is 47.0 Å². The largest absolute Gasteiger partial charge is 0.497 e. The van der Waals surface area contributed by atoms with Crippen molar-refractivity contribution in [1.82, 2.24) is 14.1 Å². The number of rotatable bonds is 6. The van der Waals surface area contributed by atoms with Crippen molar-refractivity contribution in [1.29, 1.82) is 0 Å². The maximum atomic E-state index is 12.6. The number of hydrogen-bond acceptors (Lipinski definition) is 5. The van der Waals surface area contributed by atoms with Crippen molar-refractivity contribution < 1.29 is 14.3 Å². The van der Waals surface area contributed by atoms with Crippen molar-refractivity contribution in [3.8, 4) is 11.5 Å². The molecule has 1 N–H and O–H groups in total. The lowest BCUT2D eigenvalue weighted by atomic mass is 10.2. The minimum atomic E-state index is -0.349. The molecule has 1 aromatic carbocycles. The molecule has 0 unspecified atom stereocenters. The lowest BCUT2D eigenvalue weighted by Gasteiger charge is -2.12. The molecule has 0 aliphatic rings. The van der Waals surface area contributed by atoms with Crippen LogP contribution >= 0.6 is 0 Å². The molecule has 0 saturated heterocycles. The van der Waals surface area contributed by atoms with Gasteiger partial charge >= 0.3 is 5.69 Å². The Morgan fingerprint density at radius 3 is 2.69 bits per heavy atom. The van der Waals surface area contributed by atoms with Gasteiger partial charge in [0.2, 0.25) is 5.91 Å². The minimum Gasteiger partial charge on any atom is -0.497 e. The zero-order valence-corrected chi connectivity index (χ0v) is 14.9. The first-order valence-corrected chi connectivity index (χ1v) is 8.15. The van der Waals surface area contributed by atoms with Crippen LogP contribution in [0.25, 0.3) is 11.2 Å². The Kier molecular flexibility index (Phi) is 4.92. The molecule has 3 aromatic rings. The second-order valence-electron chi connectivity index (χ2n) is 5.57. The number of benzene rings is 1. The lowest BCUT2D eigenvalue weighted by Crippen LogP contribution is -2.29. The number of nitrogens with zero attached hydrogens (tertiary/aromatic N) is 3. The SMILES string of the molecule is CCn1c(=O)n(CC(=O)Nc2cc(OC)ccc2OC)c2cccnc21. The molecule has 1 amide bonds. The number of aryl methyl sites for hydroxylation is 1. The average Bonchev–Trinajstić information content (AvgIpc) is 2.92. The molecule has 0 fully saturated rings. The summed E-state index contributed by atoms with van der Waals surface area (Å²) >= 11 is 0. The molecule has 0 radical (unpaired) electrons. The quantitative estimate of drug-likeness (QED) is 0.729. The number of fused-ring (bicyclic) bond motifs is 1. The number of aromatic nitrogens is 3. The molecule has 3 rings (SSSR count). The van der Waals surface area contributed by atoms with Gasteiger partial charge in [-0.1, -0.05) is 0 Å². The highest BCUT2D eigenvalue weighted by Crippen LogP contribution is 2.28. The van der Waals surface area contributed by atoms with E-state index in [4.69, 9.17) is 9.47 Å². The van der Waals surface area contributed by atoms with Gasteiger partial charge in [-0.3, -0.25) is 13.9 Å². The fraction of sp³-hybridized carbons (Fsp3) is 0.278. The molecule has 0 aliphatic carbocycles. The van der Waals surface area contributed by atoms with Crippen LogP contribution in [0.2, 0.25) is 0 Å². The molecule has 0 spiro atoms. The van der Waals surface area contributed by atoms with Crippen LogP contribution in [-0.4, -0.2) is 34.2 Å². The van der Waals surface area contributed by atoms with E-state index in [0.29, 0.717) is 34.9 Å². The summed E-state index contributed by atoms with van der Waals surface area (Å²) in [5.41, 5.74) is 1.38. The van der Waals surface area contributed by atoms with E-state index in [1.54, 1.807) is 43.6 Å². The zero-order chi connectivity index (χ0) is 18.7. The first kappa shape index (κ1) is 17.5. The van der Waals surface area contributed by atoms with Crippen molar-refractivity contribution in [2.45, 2.75) is 20.0 Å². The van der Waals surface area contributed by atoms with Crippen molar-refractivity contribution >= 4 is 22.8 Å². The van der Waals surface area contributed by atoms with Gasteiger partial charge in [0.1, 0.15) is 18.0 Å². The van der Waals surface area contributed by atoms with Gasteiger partial charge in [-0.2, -0.15) is 0 Å². The van der Waals surface area contributed by atoms with Gasteiger partial charge in [-0.25, -0.2) is 9.78 Å². The highest BCUT2D eigenvalue weighted by molar-refractivity contribution is 5.93. The molecule has 0 atom stereocenters. The van der Waals surface area contributed by atoms with E-state index < -0.39 is 0 Å². The van der Waals surface area contributed by atoms with E-state index in [9.17, 15) is 9.59 Å². The summed E-state index contributed by atoms with van der Waals surface area (Å²) in [4.78, 5) is 29.4. The predicted molar refractivity (Wildman–Crippen MR) is 97.8 cm³/mol. The second-order valence-corrected chi connectivity index (χ2v) is 5.57. The standard InChI is InChI=1S/C18H20N4O4/c1-4-21-17-14(6-5-9-19-17)22(18(21)24)11-16(23)20-13-10-12(25-2)7-8-15(13)26-3/h5-10H,4,11H2,1-3H3,(H,20,23). The maximum Gasteiger partial charge on any atom is 0.330 e. The van der Waals surface area contributed by atoms with E-state index in [0.717, 1.165) is 0 Å². The number of nitrogens with one attached hydrogen (secondary N) is 1. The Hall–Kier alpha value is -3.29. The van der Waals surface area contributed by atoms with Gasteiger partial charge < -0.3 is 14.8 Å². The van der Waals surface area contributed by atoms with E-state index in [1.165, 1.54) is 16.2 Å². The van der Waals surface area contributed by atoms with Crippen LogP contribution in [0.15, 0.2) is 41.3 Å². The number of anilines is 1. The summed E-state index contributed by atoms with van der Waals surface area (Å²) in [5.74, 6) is 0.742. The number of amides is 1. The number of methoxy groups -OCH3 is 2. The Morgan fingerprint density at radius 2 is 2.00 bits per heavy atom. The lowest BCUT2D eigenvalue weighted by molar-refractivity contribution is -0.116. The summed E-state index contributed by atoms with van der Waals surface area (Å²) in [6.45, 7) is 2.21. The number of hydrogen-bond donors (Lipinski definition) is 1. The fourth-order valence-electron chi connectivity index (χ4n) is 2.83. The van der Waals surface area contributed by atoms with E-state index in [-0.39, 0.29) is 18.1 Å². The Morgan fingerprint density at radius 1 is 1.19 bits per heavy atom. The summed E-state index contributed by atoms with van der Waals surface area (Å²) < 4.78 is 13.4. The van der Waals surface area contributed by atoms with Gasteiger partial charge in [0.15, 0.2) is 5.65 Å². The Balaban J connectivity index is 1.91. The van der Waals surface area contributed by atoms with Crippen LogP contribution in [-0.2, 0) is 17.9 Å². The number of carbonyl (C=O) groups excluding carboxylic acids is 1. The van der Waals surface area contributed by atoms with Gasteiger partial charge in [0, 0.05) is 18.8 Å². The van der Waals surface area contributed by atoms with Gasteiger partial charge in [0.05, 0.1) is 25.4 Å². The van der Waals surface area contributed by atoms with Crippen LogP contribution in [0.4, 0.5) is 5.69 Å². The van der Waals surface area contributed by atoms with Crippen molar-refractivity contribution in [2.75, 3.05) is 19.5 Å². The third-order valence-electron chi connectivity index (χ3n) is 4.07. The zero-order valence-electron chi connectivity index (χ0n) is 14.9. The van der Waals surface area contributed by atoms with Gasteiger partial charge in [0.25, 0.3) is 0 Å². The molecule has 136 valence electrons. The van der Waals surface area contributed by atoms with Crippen molar-refractivity contribution in [2.24, 2.45) is 0 Å². The first-order chi connectivity index (χ1) is 12.6. The molecule has 26 heavy (non-hydrogen) atoms. The predicted octanol–water partition coefficient (Wildman–Crippen LogP) is 1.87. The van der Waals surface area contributed by atoms with Crippen LogP contribution in [0.3, 0.4) is 0 Å². The summed E-state index contributed by atoms with van der Waals surface area (Å²) in [6.07, 6.45) is 1.62. The van der Waals surface area contributed by atoms with Crippen LogP contribution in [0, 0.1) is 0 Å². The molecule has 0 aliphatic heterocycles. The van der Waals surface area contributed by atoms with Gasteiger partial charge in [-0.05, 0) is 31.2 Å². The van der Waals surface area contributed by atoms with Crippen LogP contribution < -0.4 is 20.5 Å². The highest BCUT2D eigenvalue weighted by Gasteiger charge is 2.16. The van der Waals surface area contributed by atoms with E-state index in [2.05, 4.69) is 10.3 Å². The van der Waals surface area contributed by atoms with Crippen LogP contribution in [0.1, 0.15) is 6.92 Å². The minimum absolute atomic E-state index is 0.131. The molecule has 0 bridgehead atoms. The normalized spacial score (nSPS) is 10.7. The smallest absolute Gasteiger partial charge is 0.330 e. The Bertz CT molecular complexity index is 1010. The summed E-state index contributed by atoms with van der Waals surface area (Å²) in [7, 11) is 3.06. The molecule has 2 heterocycles. The van der Waals surface area contributed by atoms with E-state index in [1.807, 2.05) is 6.92 Å². The maximum absolute atomic E-state index is 12.6. The summed E-state index contributed by atoms with van der Waals surface area (Å²) in [5, 5.41) is 2.77. The number of pyridine rings is 1. The number of ether oxygens (including phenoxy) is 2. The first-order valence-electron chi connectivity index (χ1n) is 8.15. The van der Waals surface area contributed by atoms with Crippen molar-refractivity contribution in [3.63, 3.8) is 0 Å². The molecule has 0 saturated carbocycles. The van der Waals surface area contributed by atoms with E-state index >= 15 is 0 Å². The third-order valence-corrected chi connectivity index (χ3v) is 4.07. The number of imidazole rings is 1. The second kappa shape index (κ2) is 7.30. The molecular formula is C18H20N4O4. The monoisotopic (exact) mass is 356 g/mol. The van der Waals surface area contributed by atoms with Crippen LogP contribution in [0.5, 0.6) is 11.5 Å². The number of carbonyl (C=O) groups is 1. The highest BCUT2D eigenvalue weighted by atomic mass is 16.5. The third kappa shape index (κ3) is 3.13. The fourth-order valence-corrected chi connectivity index (χ4v) is 2.83. The summed E-state index contributed by atoms with van der Waals surface area (Å²) in [6, 6.07) is 8.61. The topological polar surface area (TPSA) is 87.4 Å². The molecule has 2 aromatic heterocycles. The molecular weight excluding hydrogens is 336 g/mol. The average molecular weight is 356 g/mol. The molecule has 8 heteroatoms. The molecule has 8 nitrogen and oxygen atoms in total. The Labute approximate surface area is 150 Å². The van der Waals surface area contributed by atoms with Gasteiger partial charge in [-0.15, -0.1) is 0 Å².